The molecule has 1 aliphatic carbocycles. The van der Waals surface area contributed by atoms with Gasteiger partial charge in [0.2, 0.25) is 0 Å². The second-order valence-corrected chi connectivity index (χ2v) is 6.44. The Hall–Kier alpha value is -1.54. The van der Waals surface area contributed by atoms with Crippen LogP contribution in [0.4, 0.5) is 0 Å². The van der Waals surface area contributed by atoms with Gasteiger partial charge in [0.05, 0.1) is 0 Å². The molecule has 0 radical (unpaired) electrons. The summed E-state index contributed by atoms with van der Waals surface area (Å²) in [5, 5.41) is 5.01. The van der Waals surface area contributed by atoms with E-state index in [1.54, 1.807) is 0 Å². The minimum Gasteiger partial charge on any atom is -0.343 e. The molecule has 0 bridgehead atoms. The van der Waals surface area contributed by atoms with Crippen LogP contribution in [0.25, 0.3) is 10.9 Å². The zero-order valence-corrected chi connectivity index (χ0v) is 13.1. The Bertz CT molecular complexity index is 620. The Morgan fingerprint density at radius 1 is 1.29 bits per heavy atom. The maximum atomic E-state index is 4.05. The van der Waals surface area contributed by atoms with Crippen LogP contribution in [0.2, 0.25) is 0 Å². The quantitative estimate of drug-likeness (QED) is 0.564. The Morgan fingerprint density at radius 3 is 2.86 bits per heavy atom. The zero-order chi connectivity index (χ0) is 14.7. The van der Waals surface area contributed by atoms with Crippen LogP contribution in [0.3, 0.4) is 0 Å². The molecule has 0 spiro atoms. The molecule has 1 heterocycles. The normalized spacial score (nSPS) is 14.7. The van der Waals surface area contributed by atoms with Crippen molar-refractivity contribution in [2.24, 2.45) is 0 Å². The predicted octanol–water partition coefficient (Wildman–Crippen LogP) is 4.29. The number of allylic oxidation sites excluding steroid dienone is 1. The van der Waals surface area contributed by atoms with Gasteiger partial charge in [0, 0.05) is 29.7 Å². The lowest BCUT2D eigenvalue weighted by molar-refractivity contribution is 0.620. The van der Waals surface area contributed by atoms with Gasteiger partial charge in [-0.1, -0.05) is 30.4 Å². The summed E-state index contributed by atoms with van der Waals surface area (Å²) in [6, 6.07) is 9.58. The molecule has 0 saturated heterocycles. The average molecular weight is 282 g/mol. The summed E-state index contributed by atoms with van der Waals surface area (Å²) in [4.78, 5) is 0. The van der Waals surface area contributed by atoms with Crippen molar-refractivity contribution in [2.75, 3.05) is 6.54 Å². The third-order valence-corrected chi connectivity index (χ3v) is 4.19. The van der Waals surface area contributed by atoms with Crippen molar-refractivity contribution in [2.45, 2.75) is 51.6 Å². The van der Waals surface area contributed by atoms with Crippen LogP contribution >= 0.6 is 0 Å². The fourth-order valence-electron chi connectivity index (χ4n) is 2.98. The van der Waals surface area contributed by atoms with E-state index < -0.39 is 0 Å². The van der Waals surface area contributed by atoms with Crippen LogP contribution < -0.4 is 5.32 Å². The number of benzene rings is 1. The molecule has 2 aromatic rings. The first-order chi connectivity index (χ1) is 10.2. The van der Waals surface area contributed by atoms with Crippen molar-refractivity contribution in [3.05, 3.63) is 48.2 Å². The fraction of sp³-hybridized carbons (Fsp3) is 0.474. The van der Waals surface area contributed by atoms with Gasteiger partial charge in [-0.3, -0.25) is 0 Å². The molecular weight excluding hydrogens is 256 g/mol. The van der Waals surface area contributed by atoms with Crippen LogP contribution in [0, 0.1) is 0 Å². The van der Waals surface area contributed by atoms with Crippen molar-refractivity contribution in [1.29, 1.82) is 0 Å². The van der Waals surface area contributed by atoms with Gasteiger partial charge in [-0.25, -0.2) is 0 Å². The highest BCUT2D eigenvalue weighted by Gasteiger charge is 2.19. The Morgan fingerprint density at radius 2 is 2.10 bits per heavy atom. The molecule has 1 aromatic carbocycles. The second kappa shape index (κ2) is 6.48. The number of nitrogens with one attached hydrogen (secondary N) is 1. The molecule has 1 fully saturated rings. The summed E-state index contributed by atoms with van der Waals surface area (Å²) in [5.74, 6) is 0. The van der Waals surface area contributed by atoms with Crippen LogP contribution in [0.15, 0.2) is 42.6 Å². The summed E-state index contributed by atoms with van der Waals surface area (Å²) in [6.07, 6.45) is 8.81. The van der Waals surface area contributed by atoms with Crippen LogP contribution in [-0.4, -0.2) is 17.2 Å². The van der Waals surface area contributed by atoms with Gasteiger partial charge in [-0.15, -0.1) is 0 Å². The van der Waals surface area contributed by atoms with Crippen molar-refractivity contribution in [3.8, 4) is 0 Å². The number of rotatable bonds is 8. The Labute approximate surface area is 127 Å². The molecule has 0 unspecified atom stereocenters. The molecule has 0 aliphatic heterocycles. The minimum atomic E-state index is 0.836. The number of aromatic nitrogens is 1. The summed E-state index contributed by atoms with van der Waals surface area (Å²) in [5.41, 5.74) is 4.03. The summed E-state index contributed by atoms with van der Waals surface area (Å²) in [7, 11) is 0. The van der Waals surface area contributed by atoms with E-state index >= 15 is 0 Å². The molecule has 0 atom stereocenters. The largest absolute Gasteiger partial charge is 0.343 e. The van der Waals surface area contributed by atoms with Crippen molar-refractivity contribution < 1.29 is 0 Å². The molecule has 3 rings (SSSR count). The van der Waals surface area contributed by atoms with E-state index in [1.165, 1.54) is 60.7 Å². The van der Waals surface area contributed by atoms with Gasteiger partial charge in [0.25, 0.3) is 0 Å². The Kier molecular flexibility index (Phi) is 4.45. The number of aryl methyl sites for hydroxylation is 1. The van der Waals surface area contributed by atoms with Gasteiger partial charge in [-0.2, -0.15) is 0 Å². The predicted molar refractivity (Wildman–Crippen MR) is 90.7 cm³/mol. The van der Waals surface area contributed by atoms with Gasteiger partial charge < -0.3 is 9.88 Å². The third kappa shape index (κ3) is 3.76. The first-order valence-electron chi connectivity index (χ1n) is 8.18. The molecule has 1 aromatic heterocycles. The van der Waals surface area contributed by atoms with Crippen LogP contribution in [-0.2, 0) is 13.0 Å². The first kappa shape index (κ1) is 14.4. The van der Waals surface area contributed by atoms with Crippen LogP contribution in [0.1, 0.15) is 38.2 Å². The first-order valence-corrected chi connectivity index (χ1v) is 8.18. The van der Waals surface area contributed by atoms with Crippen LogP contribution in [0.5, 0.6) is 0 Å². The van der Waals surface area contributed by atoms with E-state index in [1.807, 2.05) is 0 Å². The van der Waals surface area contributed by atoms with E-state index in [-0.39, 0.29) is 0 Å². The molecular formula is C19H26N2. The number of fused-ring (bicyclic) bond motifs is 1. The number of hydrogen-bond acceptors (Lipinski definition) is 1. The van der Waals surface area contributed by atoms with E-state index in [4.69, 9.17) is 0 Å². The SMILES string of the molecule is C=C(C)Cn1cc(CCCCNC2CC2)c2ccccc21. The molecule has 0 amide bonds. The highest BCUT2D eigenvalue weighted by atomic mass is 15.0. The van der Waals surface area contributed by atoms with Crippen molar-refractivity contribution in [3.63, 3.8) is 0 Å². The minimum absolute atomic E-state index is 0.836. The van der Waals surface area contributed by atoms with E-state index in [2.05, 4.69) is 53.8 Å². The highest BCUT2D eigenvalue weighted by molar-refractivity contribution is 5.84. The summed E-state index contributed by atoms with van der Waals surface area (Å²) < 4.78 is 2.34. The van der Waals surface area contributed by atoms with Gasteiger partial charge in [0.1, 0.15) is 0 Å². The number of para-hydroxylation sites is 1. The number of hydrogen-bond donors (Lipinski definition) is 1. The van der Waals surface area contributed by atoms with E-state index in [9.17, 15) is 0 Å². The van der Waals surface area contributed by atoms with Gasteiger partial charge in [0.15, 0.2) is 0 Å². The topological polar surface area (TPSA) is 17.0 Å². The average Bonchev–Trinajstić information content (AvgIpc) is 3.23. The monoisotopic (exact) mass is 282 g/mol. The zero-order valence-electron chi connectivity index (χ0n) is 13.1. The lowest BCUT2D eigenvalue weighted by Gasteiger charge is -2.03. The molecule has 112 valence electrons. The molecule has 1 N–H and O–H groups in total. The number of nitrogens with zero attached hydrogens (tertiary/aromatic N) is 1. The molecule has 2 heteroatoms. The number of unbranched alkanes of at least 4 members (excludes halogenated alkanes) is 1. The second-order valence-electron chi connectivity index (χ2n) is 6.44. The van der Waals surface area contributed by atoms with Gasteiger partial charge >= 0.3 is 0 Å². The van der Waals surface area contributed by atoms with E-state index in [0.29, 0.717) is 0 Å². The molecule has 1 saturated carbocycles. The smallest absolute Gasteiger partial charge is 0.0486 e. The van der Waals surface area contributed by atoms with Gasteiger partial charge in [-0.05, 0) is 57.2 Å². The lowest BCUT2D eigenvalue weighted by atomic mass is 10.1. The lowest BCUT2D eigenvalue weighted by Crippen LogP contribution is -2.17. The maximum absolute atomic E-state index is 4.05. The van der Waals surface area contributed by atoms with Crippen molar-refractivity contribution >= 4 is 10.9 Å². The third-order valence-electron chi connectivity index (χ3n) is 4.19. The Balaban J connectivity index is 1.64. The highest BCUT2D eigenvalue weighted by Crippen LogP contribution is 2.24. The standard InChI is InChI=1S/C19H26N2/c1-15(2)13-21-14-16(18-8-3-4-9-19(18)21)7-5-6-12-20-17-10-11-17/h3-4,8-9,14,17,20H,1,5-7,10-13H2,2H3. The van der Waals surface area contributed by atoms with E-state index in [0.717, 1.165) is 12.6 Å². The fourth-order valence-corrected chi connectivity index (χ4v) is 2.98. The summed E-state index contributed by atoms with van der Waals surface area (Å²) >= 11 is 0. The van der Waals surface area contributed by atoms with Crippen molar-refractivity contribution in [1.82, 2.24) is 9.88 Å². The summed E-state index contributed by atoms with van der Waals surface area (Å²) in [6.45, 7) is 8.24. The molecule has 2 nitrogen and oxygen atoms in total. The maximum Gasteiger partial charge on any atom is 0.0486 e. The molecule has 21 heavy (non-hydrogen) atoms. The molecule has 1 aliphatic rings.